The summed E-state index contributed by atoms with van der Waals surface area (Å²) >= 11 is 0. The third-order valence-electron chi connectivity index (χ3n) is 3.20. The number of aliphatic imine (C=N–C) groups is 1. The maximum absolute atomic E-state index is 5.92. The Morgan fingerprint density at radius 1 is 0.944 bits per heavy atom. The van der Waals surface area contributed by atoms with Gasteiger partial charge in [-0.15, -0.1) is 0 Å². The molecule has 0 amide bonds. The molecule has 0 heterocycles. The molecule has 2 nitrogen and oxygen atoms in total. The zero-order valence-electron chi connectivity index (χ0n) is 11.1. The summed E-state index contributed by atoms with van der Waals surface area (Å²) in [6.45, 7) is 4.25. The van der Waals surface area contributed by atoms with E-state index in [4.69, 9.17) is 5.73 Å². The first-order chi connectivity index (χ1) is 8.61. The van der Waals surface area contributed by atoms with Crippen LogP contribution in [0, 0.1) is 13.8 Å². The van der Waals surface area contributed by atoms with Gasteiger partial charge in [0.1, 0.15) is 0 Å². The molecule has 0 aliphatic carbocycles. The van der Waals surface area contributed by atoms with Gasteiger partial charge in [-0.3, -0.25) is 4.99 Å². The SMILES string of the molecule is CN=Cc1cc(-c2ccc(C)c(C)c2)ccc1N. The van der Waals surface area contributed by atoms with Crippen molar-refractivity contribution in [1.29, 1.82) is 0 Å². The van der Waals surface area contributed by atoms with E-state index in [1.54, 1.807) is 13.3 Å². The summed E-state index contributed by atoms with van der Waals surface area (Å²) in [7, 11) is 1.75. The number of hydrogen-bond acceptors (Lipinski definition) is 2. The molecule has 0 spiro atoms. The first-order valence-corrected chi connectivity index (χ1v) is 6.01. The van der Waals surface area contributed by atoms with Crippen LogP contribution in [0.1, 0.15) is 16.7 Å². The molecule has 18 heavy (non-hydrogen) atoms. The van der Waals surface area contributed by atoms with Crippen molar-refractivity contribution in [2.75, 3.05) is 12.8 Å². The number of aryl methyl sites for hydroxylation is 2. The van der Waals surface area contributed by atoms with Gasteiger partial charge < -0.3 is 5.73 Å². The van der Waals surface area contributed by atoms with Crippen LogP contribution >= 0.6 is 0 Å². The van der Waals surface area contributed by atoms with E-state index in [1.165, 1.54) is 22.3 Å². The van der Waals surface area contributed by atoms with Gasteiger partial charge in [0.25, 0.3) is 0 Å². The maximum Gasteiger partial charge on any atom is 0.0403 e. The Morgan fingerprint density at radius 2 is 1.61 bits per heavy atom. The summed E-state index contributed by atoms with van der Waals surface area (Å²) in [5.41, 5.74) is 12.6. The van der Waals surface area contributed by atoms with Gasteiger partial charge in [-0.2, -0.15) is 0 Å². The molecule has 0 aliphatic rings. The van der Waals surface area contributed by atoms with Crippen molar-refractivity contribution < 1.29 is 0 Å². The van der Waals surface area contributed by atoms with Gasteiger partial charge in [0, 0.05) is 24.5 Å². The molecule has 2 heteroatoms. The highest BCUT2D eigenvalue weighted by Crippen LogP contribution is 2.25. The van der Waals surface area contributed by atoms with Crippen LogP contribution in [0.15, 0.2) is 41.4 Å². The lowest BCUT2D eigenvalue weighted by atomic mass is 9.98. The van der Waals surface area contributed by atoms with E-state index in [-0.39, 0.29) is 0 Å². The molecular formula is C16H18N2. The number of nitrogen functional groups attached to an aromatic ring is 1. The number of nitrogens with zero attached hydrogens (tertiary/aromatic N) is 1. The molecule has 2 N–H and O–H groups in total. The minimum atomic E-state index is 0.758. The number of benzene rings is 2. The fraction of sp³-hybridized carbons (Fsp3) is 0.188. The molecule has 92 valence electrons. The summed E-state index contributed by atoms with van der Waals surface area (Å²) in [6, 6.07) is 12.5. The Hall–Kier alpha value is -2.09. The van der Waals surface area contributed by atoms with Crippen LogP contribution in [0.3, 0.4) is 0 Å². The molecule has 0 aromatic heterocycles. The van der Waals surface area contributed by atoms with Crippen LogP contribution in [0.4, 0.5) is 5.69 Å². The van der Waals surface area contributed by atoms with Crippen LogP contribution in [-0.4, -0.2) is 13.3 Å². The van der Waals surface area contributed by atoms with Gasteiger partial charge in [-0.1, -0.05) is 24.3 Å². The smallest absolute Gasteiger partial charge is 0.0403 e. The molecule has 2 aromatic rings. The third kappa shape index (κ3) is 2.43. The highest BCUT2D eigenvalue weighted by atomic mass is 14.6. The van der Waals surface area contributed by atoms with Gasteiger partial charge in [0.05, 0.1) is 0 Å². The first-order valence-electron chi connectivity index (χ1n) is 6.01. The lowest BCUT2D eigenvalue weighted by molar-refractivity contribution is 1.34. The number of rotatable bonds is 2. The molecule has 0 bridgehead atoms. The number of hydrogen-bond donors (Lipinski definition) is 1. The Bertz CT molecular complexity index is 598. The van der Waals surface area contributed by atoms with Crippen molar-refractivity contribution in [3.05, 3.63) is 53.1 Å². The van der Waals surface area contributed by atoms with Gasteiger partial charge in [-0.05, 0) is 48.2 Å². The Labute approximate surface area is 108 Å². The second-order valence-corrected chi connectivity index (χ2v) is 4.53. The second kappa shape index (κ2) is 5.05. The first kappa shape index (κ1) is 12.4. The van der Waals surface area contributed by atoms with E-state index in [2.05, 4.69) is 43.1 Å². The van der Waals surface area contributed by atoms with Crippen molar-refractivity contribution in [3.63, 3.8) is 0 Å². The minimum Gasteiger partial charge on any atom is -0.398 e. The Morgan fingerprint density at radius 3 is 2.28 bits per heavy atom. The van der Waals surface area contributed by atoms with Crippen LogP contribution in [0.5, 0.6) is 0 Å². The average Bonchev–Trinajstić information content (AvgIpc) is 2.36. The van der Waals surface area contributed by atoms with E-state index in [9.17, 15) is 0 Å². The standard InChI is InChI=1S/C16H18N2/c1-11-4-5-13(8-12(11)2)14-6-7-16(17)15(9-14)10-18-3/h4-10H,17H2,1-3H3. The van der Waals surface area contributed by atoms with Crippen LogP contribution in [-0.2, 0) is 0 Å². The van der Waals surface area contributed by atoms with Crippen molar-refractivity contribution in [3.8, 4) is 11.1 Å². The molecule has 0 atom stereocenters. The molecule has 0 radical (unpaired) electrons. The normalized spacial score (nSPS) is 11.1. The highest BCUT2D eigenvalue weighted by Gasteiger charge is 2.03. The largest absolute Gasteiger partial charge is 0.398 e. The maximum atomic E-state index is 5.92. The summed E-state index contributed by atoms with van der Waals surface area (Å²) in [5.74, 6) is 0. The van der Waals surface area contributed by atoms with Crippen molar-refractivity contribution in [1.82, 2.24) is 0 Å². The van der Waals surface area contributed by atoms with Crippen LogP contribution in [0.25, 0.3) is 11.1 Å². The second-order valence-electron chi connectivity index (χ2n) is 4.53. The zero-order chi connectivity index (χ0) is 13.1. The molecule has 0 unspecified atom stereocenters. The lowest BCUT2D eigenvalue weighted by Crippen LogP contribution is -1.94. The Kier molecular flexibility index (Phi) is 3.47. The molecule has 2 aromatic carbocycles. The van der Waals surface area contributed by atoms with Gasteiger partial charge in [0.15, 0.2) is 0 Å². The van der Waals surface area contributed by atoms with Gasteiger partial charge in [-0.25, -0.2) is 0 Å². The van der Waals surface area contributed by atoms with Crippen LogP contribution in [0.2, 0.25) is 0 Å². The van der Waals surface area contributed by atoms with E-state index in [0.29, 0.717) is 0 Å². The average molecular weight is 238 g/mol. The third-order valence-corrected chi connectivity index (χ3v) is 3.20. The van der Waals surface area contributed by atoms with E-state index in [0.717, 1.165) is 11.3 Å². The quantitative estimate of drug-likeness (QED) is 0.630. The lowest BCUT2D eigenvalue weighted by Gasteiger charge is -2.08. The molecular weight excluding hydrogens is 220 g/mol. The zero-order valence-corrected chi connectivity index (χ0v) is 11.1. The summed E-state index contributed by atoms with van der Waals surface area (Å²) in [6.07, 6.45) is 1.79. The summed E-state index contributed by atoms with van der Waals surface area (Å²) in [4.78, 5) is 4.03. The fourth-order valence-electron chi connectivity index (χ4n) is 1.93. The number of nitrogens with two attached hydrogens (primary N) is 1. The predicted molar refractivity (Wildman–Crippen MR) is 79.3 cm³/mol. The van der Waals surface area contributed by atoms with Crippen molar-refractivity contribution >= 4 is 11.9 Å². The van der Waals surface area contributed by atoms with Crippen LogP contribution < -0.4 is 5.73 Å². The summed E-state index contributed by atoms with van der Waals surface area (Å²) in [5, 5.41) is 0. The van der Waals surface area contributed by atoms with E-state index in [1.807, 2.05) is 12.1 Å². The molecule has 0 saturated heterocycles. The van der Waals surface area contributed by atoms with E-state index >= 15 is 0 Å². The fourth-order valence-corrected chi connectivity index (χ4v) is 1.93. The Balaban J connectivity index is 2.50. The molecule has 0 aliphatic heterocycles. The minimum absolute atomic E-state index is 0.758. The van der Waals surface area contributed by atoms with Gasteiger partial charge >= 0.3 is 0 Å². The molecule has 0 saturated carbocycles. The van der Waals surface area contributed by atoms with Crippen molar-refractivity contribution in [2.24, 2.45) is 4.99 Å². The number of anilines is 1. The summed E-state index contributed by atoms with van der Waals surface area (Å²) < 4.78 is 0. The predicted octanol–water partition coefficient (Wildman–Crippen LogP) is 3.60. The van der Waals surface area contributed by atoms with Crippen molar-refractivity contribution in [2.45, 2.75) is 13.8 Å². The monoisotopic (exact) mass is 238 g/mol. The molecule has 0 fully saturated rings. The topological polar surface area (TPSA) is 38.4 Å². The van der Waals surface area contributed by atoms with Gasteiger partial charge in [0.2, 0.25) is 0 Å². The van der Waals surface area contributed by atoms with E-state index < -0.39 is 0 Å². The molecule has 2 rings (SSSR count). The highest BCUT2D eigenvalue weighted by molar-refractivity contribution is 5.89.